The van der Waals surface area contributed by atoms with Crippen LogP contribution in [0, 0.1) is 0 Å². The third-order valence-electron chi connectivity index (χ3n) is 10.5. The molecule has 11 rings (SSSR count). The summed E-state index contributed by atoms with van der Waals surface area (Å²) >= 11 is 1.87. The molecule has 0 amide bonds. The second-order valence-electron chi connectivity index (χ2n) is 13.4. The highest BCUT2D eigenvalue weighted by Crippen LogP contribution is 2.42. The highest BCUT2D eigenvalue weighted by atomic mass is 32.1. The Morgan fingerprint density at radius 3 is 1.78 bits per heavy atom. The van der Waals surface area contributed by atoms with Crippen molar-refractivity contribution >= 4 is 103 Å². The fraction of sp³-hybridized carbons (Fsp3) is 0. The van der Waals surface area contributed by atoms with Gasteiger partial charge in [-0.3, -0.25) is 0 Å². The van der Waals surface area contributed by atoms with Gasteiger partial charge in [0.15, 0.2) is 0 Å². The molecule has 0 atom stereocenters. The van der Waals surface area contributed by atoms with Gasteiger partial charge < -0.3 is 9.47 Å². The SMILES string of the molecule is c1ccc(N(c2ccc3ccc4c5ccccc5ccc4c3c2)c2ccc3c(c2)c2ccccc2n3-c2ccc3c(c2)sc2ccccc23)cc1. The van der Waals surface area contributed by atoms with Crippen molar-refractivity contribution in [3.8, 4) is 5.69 Å². The lowest BCUT2D eigenvalue weighted by atomic mass is 9.96. The first kappa shape index (κ1) is 28.4. The minimum atomic E-state index is 1.13. The molecule has 0 saturated carbocycles. The van der Waals surface area contributed by atoms with Crippen LogP contribution >= 0.6 is 11.3 Å². The van der Waals surface area contributed by atoms with Gasteiger partial charge in [0, 0.05) is 53.7 Å². The molecule has 2 aromatic heterocycles. The van der Waals surface area contributed by atoms with E-state index in [4.69, 9.17) is 0 Å². The smallest absolute Gasteiger partial charge is 0.0542 e. The molecule has 0 aliphatic carbocycles. The van der Waals surface area contributed by atoms with Crippen LogP contribution in [0.3, 0.4) is 0 Å². The van der Waals surface area contributed by atoms with Crippen LogP contribution in [-0.2, 0) is 0 Å². The summed E-state index contributed by atoms with van der Waals surface area (Å²) in [7, 11) is 0. The minimum Gasteiger partial charge on any atom is -0.310 e. The number of hydrogen-bond acceptors (Lipinski definition) is 2. The molecule has 51 heavy (non-hydrogen) atoms. The molecule has 0 aliphatic rings. The average molecular weight is 667 g/mol. The Hall–Kier alpha value is -6.42. The number of rotatable bonds is 4. The Kier molecular flexibility index (Phi) is 6.16. The fourth-order valence-corrected chi connectivity index (χ4v) is 9.34. The van der Waals surface area contributed by atoms with Crippen LogP contribution in [0.1, 0.15) is 0 Å². The lowest BCUT2D eigenvalue weighted by molar-refractivity contribution is 1.19. The Morgan fingerprint density at radius 2 is 0.922 bits per heavy atom. The second kappa shape index (κ2) is 11.0. The predicted molar refractivity (Wildman–Crippen MR) is 221 cm³/mol. The van der Waals surface area contributed by atoms with Crippen molar-refractivity contribution in [3.05, 3.63) is 182 Å². The summed E-state index contributed by atoms with van der Waals surface area (Å²) in [5.74, 6) is 0. The molecule has 0 saturated heterocycles. The maximum absolute atomic E-state index is 2.43. The van der Waals surface area contributed by atoms with Gasteiger partial charge in [-0.25, -0.2) is 0 Å². The summed E-state index contributed by atoms with van der Waals surface area (Å²) in [6.07, 6.45) is 0. The molecule has 0 spiro atoms. The minimum absolute atomic E-state index is 1.13. The normalized spacial score (nSPS) is 11.9. The van der Waals surface area contributed by atoms with Crippen molar-refractivity contribution in [2.45, 2.75) is 0 Å². The van der Waals surface area contributed by atoms with Crippen LogP contribution in [-0.4, -0.2) is 4.57 Å². The van der Waals surface area contributed by atoms with Crippen LogP contribution in [0.15, 0.2) is 182 Å². The quantitative estimate of drug-likeness (QED) is 0.170. The number of benzene rings is 9. The van der Waals surface area contributed by atoms with Crippen LogP contribution in [0.4, 0.5) is 17.1 Å². The number of hydrogen-bond donors (Lipinski definition) is 0. The Bertz CT molecular complexity index is 3150. The number of thiophene rings is 1. The molecule has 0 fully saturated rings. The molecule has 9 aromatic carbocycles. The van der Waals surface area contributed by atoms with Gasteiger partial charge in [-0.1, -0.05) is 115 Å². The molecule has 0 unspecified atom stereocenters. The molecule has 3 heteroatoms. The number of nitrogens with zero attached hydrogens (tertiary/aromatic N) is 2. The number of para-hydroxylation sites is 2. The summed E-state index contributed by atoms with van der Waals surface area (Å²) in [5.41, 5.74) is 6.97. The highest BCUT2D eigenvalue weighted by Gasteiger charge is 2.19. The summed E-state index contributed by atoms with van der Waals surface area (Å²) in [6, 6.07) is 66.8. The first-order valence-electron chi connectivity index (χ1n) is 17.4. The molecule has 0 aliphatic heterocycles. The third-order valence-corrected chi connectivity index (χ3v) is 11.7. The van der Waals surface area contributed by atoms with E-state index >= 15 is 0 Å². The number of fused-ring (bicyclic) bond motifs is 11. The van der Waals surface area contributed by atoms with Crippen LogP contribution in [0.2, 0.25) is 0 Å². The van der Waals surface area contributed by atoms with Gasteiger partial charge in [0.2, 0.25) is 0 Å². The Labute approximate surface area is 298 Å². The van der Waals surface area contributed by atoms with E-state index in [1.54, 1.807) is 0 Å². The largest absolute Gasteiger partial charge is 0.310 e. The molecule has 0 bridgehead atoms. The van der Waals surface area contributed by atoms with E-state index in [0.717, 1.165) is 17.1 Å². The van der Waals surface area contributed by atoms with E-state index in [0.29, 0.717) is 0 Å². The van der Waals surface area contributed by atoms with Gasteiger partial charge in [-0.15, -0.1) is 11.3 Å². The zero-order valence-electron chi connectivity index (χ0n) is 27.6. The Balaban J connectivity index is 1.12. The van der Waals surface area contributed by atoms with Gasteiger partial charge >= 0.3 is 0 Å². The maximum Gasteiger partial charge on any atom is 0.0542 e. The standard InChI is InChI=1S/C48H30N2S/c1-2-11-33(12-3-1)49(34-21-18-32-20-24-38-37-13-5-4-10-31(37)19-25-39(38)43(32)28-34)35-23-27-46-44(29-35)40-14-6-8-16-45(40)50(46)36-22-26-42-41-15-7-9-17-47(41)51-48(42)30-36/h1-30H. The zero-order valence-corrected chi connectivity index (χ0v) is 28.4. The third kappa shape index (κ3) is 4.35. The number of aromatic nitrogens is 1. The summed E-state index contributed by atoms with van der Waals surface area (Å²) in [5, 5.41) is 12.7. The first-order valence-corrected chi connectivity index (χ1v) is 18.2. The predicted octanol–water partition coefficient (Wildman–Crippen LogP) is 14.1. The summed E-state index contributed by atoms with van der Waals surface area (Å²) in [4.78, 5) is 2.40. The van der Waals surface area contributed by atoms with Crippen molar-refractivity contribution in [2.75, 3.05) is 4.90 Å². The van der Waals surface area contributed by atoms with E-state index in [-0.39, 0.29) is 0 Å². The lowest BCUT2D eigenvalue weighted by Crippen LogP contribution is -2.09. The van der Waals surface area contributed by atoms with Crippen LogP contribution in [0.25, 0.3) is 80.0 Å². The molecular formula is C48H30N2S. The number of anilines is 3. The molecule has 0 radical (unpaired) electrons. The van der Waals surface area contributed by atoms with Crippen molar-refractivity contribution in [2.24, 2.45) is 0 Å². The average Bonchev–Trinajstić information content (AvgIpc) is 3.73. The molecule has 2 nitrogen and oxygen atoms in total. The van der Waals surface area contributed by atoms with Crippen LogP contribution in [0.5, 0.6) is 0 Å². The van der Waals surface area contributed by atoms with Gasteiger partial charge in [0.05, 0.1) is 11.0 Å². The molecule has 0 N–H and O–H groups in total. The Morgan fingerprint density at radius 1 is 0.333 bits per heavy atom. The van der Waals surface area contributed by atoms with E-state index in [9.17, 15) is 0 Å². The highest BCUT2D eigenvalue weighted by molar-refractivity contribution is 7.25. The van der Waals surface area contributed by atoms with Gasteiger partial charge in [-0.2, -0.15) is 0 Å². The lowest BCUT2D eigenvalue weighted by Gasteiger charge is -2.26. The van der Waals surface area contributed by atoms with Crippen molar-refractivity contribution < 1.29 is 0 Å². The summed E-state index contributed by atoms with van der Waals surface area (Å²) < 4.78 is 5.06. The van der Waals surface area contributed by atoms with E-state index < -0.39 is 0 Å². The second-order valence-corrected chi connectivity index (χ2v) is 14.4. The van der Waals surface area contributed by atoms with Crippen molar-refractivity contribution in [1.82, 2.24) is 4.57 Å². The van der Waals surface area contributed by atoms with Gasteiger partial charge in [0.25, 0.3) is 0 Å². The first-order chi connectivity index (χ1) is 25.3. The molecule has 238 valence electrons. The van der Waals surface area contributed by atoms with Crippen molar-refractivity contribution in [3.63, 3.8) is 0 Å². The van der Waals surface area contributed by atoms with Crippen LogP contribution < -0.4 is 4.90 Å². The van der Waals surface area contributed by atoms with Gasteiger partial charge in [0.1, 0.15) is 0 Å². The van der Waals surface area contributed by atoms with E-state index in [1.807, 2.05) is 11.3 Å². The molecular weight excluding hydrogens is 637 g/mol. The molecule has 11 aromatic rings. The fourth-order valence-electron chi connectivity index (χ4n) is 8.20. The van der Waals surface area contributed by atoms with E-state index in [2.05, 4.69) is 191 Å². The van der Waals surface area contributed by atoms with Crippen molar-refractivity contribution in [1.29, 1.82) is 0 Å². The topological polar surface area (TPSA) is 8.17 Å². The monoisotopic (exact) mass is 666 g/mol. The summed E-state index contributed by atoms with van der Waals surface area (Å²) in [6.45, 7) is 0. The maximum atomic E-state index is 2.43. The van der Waals surface area contributed by atoms with Gasteiger partial charge in [-0.05, 0) is 99.0 Å². The molecule has 2 heterocycles. The van der Waals surface area contributed by atoms with E-state index in [1.165, 1.54) is 80.0 Å². The zero-order chi connectivity index (χ0) is 33.5.